The van der Waals surface area contributed by atoms with Crippen LogP contribution in [0.2, 0.25) is 0 Å². The number of piperidine rings is 2. The number of para-hydroxylation sites is 1. The molecule has 4 saturated heterocycles. The molecule has 4 fully saturated rings. The number of anilines is 1. The van der Waals surface area contributed by atoms with Crippen LogP contribution in [0.5, 0.6) is 5.75 Å². The monoisotopic (exact) mass is 831 g/mol. The van der Waals surface area contributed by atoms with Crippen LogP contribution in [0.25, 0.3) is 0 Å². The molecule has 0 aliphatic carbocycles. The number of phenolic OH excluding ortho intramolecular Hbond substituents is 1. The third-order valence-electron chi connectivity index (χ3n) is 13.1. The summed E-state index contributed by atoms with van der Waals surface area (Å²) in [4.78, 5) is 66.2. The summed E-state index contributed by atoms with van der Waals surface area (Å²) < 4.78 is 17.0. The van der Waals surface area contributed by atoms with Gasteiger partial charge in [-0.25, -0.2) is 9.59 Å². The van der Waals surface area contributed by atoms with Crippen LogP contribution in [0.4, 0.5) is 15.3 Å². The van der Waals surface area contributed by atoms with Crippen molar-refractivity contribution < 1.29 is 38.5 Å². The third kappa shape index (κ3) is 11.5. The zero-order chi connectivity index (χ0) is 42.0. The number of phenols is 1. The van der Waals surface area contributed by atoms with Crippen LogP contribution in [-0.2, 0) is 36.6 Å². The van der Waals surface area contributed by atoms with Gasteiger partial charge in [-0.2, -0.15) is 0 Å². The van der Waals surface area contributed by atoms with E-state index in [1.807, 2.05) is 60.0 Å². The molecule has 0 radical (unpaired) electrons. The van der Waals surface area contributed by atoms with Crippen LogP contribution in [0.15, 0.2) is 36.4 Å². The summed E-state index contributed by atoms with van der Waals surface area (Å²) >= 11 is 0. The minimum atomic E-state index is -1.01. The second-order valence-corrected chi connectivity index (χ2v) is 17.1. The highest BCUT2D eigenvalue weighted by atomic mass is 16.6. The molecule has 1 atom stereocenters. The van der Waals surface area contributed by atoms with Gasteiger partial charge in [-0.3, -0.25) is 19.4 Å². The number of nitrogens with one attached hydrogen (secondary N) is 1. The number of amides is 4. The Morgan fingerprint density at radius 3 is 2.20 bits per heavy atom. The standard InChI is InChI=1S/C45H65N7O8/c1-33-30-35(31-34(2)42(33)54)32-40(60-45(57)51-18-11-38(12-19-51)52-20-8-36-6-3-4-7-39(36)46-44(52)56)43(55)50-23-21-49(22-24-50)37-9-15-48(16-10-37)17-13-41(53)59-27-5-14-47-25-28-58-29-26-47/h3-4,6-7,30-31,37-38,40,54H,5,8-29,32H2,1-2H3,(H,46,56)/t40-/m1/s1. The van der Waals surface area contributed by atoms with E-state index in [4.69, 9.17) is 14.2 Å². The van der Waals surface area contributed by atoms with E-state index in [9.17, 15) is 24.3 Å². The molecule has 60 heavy (non-hydrogen) atoms. The number of esters is 1. The van der Waals surface area contributed by atoms with E-state index in [0.717, 1.165) is 102 Å². The second-order valence-electron chi connectivity index (χ2n) is 17.1. The van der Waals surface area contributed by atoms with E-state index in [1.165, 1.54) is 0 Å². The molecule has 2 N–H and O–H groups in total. The highest BCUT2D eigenvalue weighted by molar-refractivity contribution is 5.91. The third-order valence-corrected chi connectivity index (χ3v) is 13.1. The average Bonchev–Trinajstić information content (AvgIpc) is 3.44. The topological polar surface area (TPSA) is 148 Å². The maximum Gasteiger partial charge on any atom is 0.410 e. The predicted octanol–water partition coefficient (Wildman–Crippen LogP) is 3.88. The minimum absolute atomic E-state index is 0.00271. The number of hydrogen-bond acceptors (Lipinski definition) is 11. The number of aryl methyl sites for hydroxylation is 2. The normalized spacial score (nSPS) is 20.9. The molecular weight excluding hydrogens is 767 g/mol. The summed E-state index contributed by atoms with van der Waals surface area (Å²) in [6.07, 6.45) is 3.95. The lowest BCUT2D eigenvalue weighted by Gasteiger charge is -2.43. The Kier molecular flexibility index (Phi) is 15.2. The van der Waals surface area contributed by atoms with Gasteiger partial charge >= 0.3 is 18.1 Å². The van der Waals surface area contributed by atoms with Crippen LogP contribution < -0.4 is 5.32 Å². The van der Waals surface area contributed by atoms with E-state index in [-0.39, 0.29) is 36.1 Å². The first kappa shape index (κ1) is 43.6. The number of urea groups is 1. The Hall–Kier alpha value is -4.44. The summed E-state index contributed by atoms with van der Waals surface area (Å²) in [7, 11) is 0. The lowest BCUT2D eigenvalue weighted by atomic mass is 10.00. The molecule has 0 aromatic heterocycles. The van der Waals surface area contributed by atoms with Crippen molar-refractivity contribution in [2.45, 2.75) is 83.4 Å². The molecule has 4 amide bonds. The maximum absolute atomic E-state index is 14.2. The van der Waals surface area contributed by atoms with Gasteiger partial charge < -0.3 is 44.2 Å². The van der Waals surface area contributed by atoms with Crippen molar-refractivity contribution in [2.24, 2.45) is 0 Å². The number of likely N-dealkylation sites (tertiary alicyclic amines) is 2. The second kappa shape index (κ2) is 20.9. The van der Waals surface area contributed by atoms with Gasteiger partial charge in [0, 0.05) is 96.2 Å². The smallest absolute Gasteiger partial charge is 0.410 e. The number of carbonyl (C=O) groups excluding carboxylic acids is 4. The molecule has 5 aliphatic heterocycles. The molecule has 0 spiro atoms. The Morgan fingerprint density at radius 2 is 1.48 bits per heavy atom. The van der Waals surface area contributed by atoms with Crippen LogP contribution >= 0.6 is 0 Å². The fraction of sp³-hybridized carbons (Fsp3) is 0.644. The number of hydrogen-bond donors (Lipinski definition) is 2. The molecule has 7 rings (SSSR count). The van der Waals surface area contributed by atoms with Crippen LogP contribution in [0.3, 0.4) is 0 Å². The summed E-state index contributed by atoms with van der Waals surface area (Å²) in [5.74, 6) is -0.113. The first-order valence-electron chi connectivity index (χ1n) is 22.2. The number of rotatable bonds is 13. The molecule has 0 saturated carbocycles. The zero-order valence-corrected chi connectivity index (χ0v) is 35.7. The molecular formula is C45H65N7O8. The van der Waals surface area contributed by atoms with E-state index < -0.39 is 12.2 Å². The van der Waals surface area contributed by atoms with Gasteiger partial charge in [-0.1, -0.05) is 30.3 Å². The number of morpholine rings is 1. The van der Waals surface area contributed by atoms with Gasteiger partial charge in [0.25, 0.3) is 5.91 Å². The molecule has 0 unspecified atom stereocenters. The lowest BCUT2D eigenvalue weighted by Crippen LogP contribution is -2.56. The average molecular weight is 832 g/mol. The fourth-order valence-corrected chi connectivity index (χ4v) is 9.49. The Bertz CT molecular complexity index is 1760. The van der Waals surface area contributed by atoms with Crippen molar-refractivity contribution in [1.82, 2.24) is 29.4 Å². The molecule has 328 valence electrons. The number of benzene rings is 2. The van der Waals surface area contributed by atoms with Crippen molar-refractivity contribution in [3.63, 3.8) is 0 Å². The Morgan fingerprint density at radius 1 is 0.817 bits per heavy atom. The highest BCUT2D eigenvalue weighted by Gasteiger charge is 2.36. The van der Waals surface area contributed by atoms with Crippen molar-refractivity contribution in [3.8, 4) is 5.75 Å². The van der Waals surface area contributed by atoms with Crippen LogP contribution in [0.1, 0.15) is 60.8 Å². The van der Waals surface area contributed by atoms with Crippen LogP contribution in [-0.4, -0.2) is 182 Å². The fourth-order valence-electron chi connectivity index (χ4n) is 9.49. The molecule has 2 aromatic carbocycles. The molecule has 2 aromatic rings. The molecule has 5 heterocycles. The summed E-state index contributed by atoms with van der Waals surface area (Å²) in [6.45, 7) is 15.1. The largest absolute Gasteiger partial charge is 0.507 e. The van der Waals surface area contributed by atoms with Crippen molar-refractivity contribution in [3.05, 3.63) is 58.7 Å². The van der Waals surface area contributed by atoms with Crippen molar-refractivity contribution in [2.75, 3.05) is 110 Å². The zero-order valence-electron chi connectivity index (χ0n) is 35.7. The molecule has 5 aliphatic rings. The summed E-state index contributed by atoms with van der Waals surface area (Å²) in [5, 5.41) is 13.5. The van der Waals surface area contributed by atoms with E-state index in [2.05, 4.69) is 20.0 Å². The lowest BCUT2D eigenvalue weighted by molar-refractivity contribution is -0.145. The molecule has 15 nitrogen and oxygen atoms in total. The van der Waals surface area contributed by atoms with E-state index in [0.29, 0.717) is 82.3 Å². The minimum Gasteiger partial charge on any atom is -0.507 e. The van der Waals surface area contributed by atoms with Crippen molar-refractivity contribution in [1.29, 1.82) is 0 Å². The quantitative estimate of drug-likeness (QED) is 0.224. The maximum atomic E-state index is 14.2. The molecule has 0 bridgehead atoms. The summed E-state index contributed by atoms with van der Waals surface area (Å²) in [5.41, 5.74) is 4.20. The first-order chi connectivity index (χ1) is 29.1. The number of fused-ring (bicyclic) bond motifs is 1. The first-order valence-corrected chi connectivity index (χ1v) is 22.2. The van der Waals surface area contributed by atoms with Gasteiger partial charge in [0.1, 0.15) is 5.75 Å². The number of nitrogens with zero attached hydrogens (tertiary/aromatic N) is 6. The Labute approximate surface area is 354 Å². The van der Waals surface area contributed by atoms with Crippen molar-refractivity contribution >= 4 is 29.7 Å². The van der Waals surface area contributed by atoms with Gasteiger partial charge in [-0.15, -0.1) is 0 Å². The van der Waals surface area contributed by atoms with E-state index in [1.54, 1.807) is 4.90 Å². The van der Waals surface area contributed by atoms with Gasteiger partial charge in [0.05, 0.1) is 26.2 Å². The van der Waals surface area contributed by atoms with E-state index >= 15 is 0 Å². The molecule has 15 heteroatoms. The number of aromatic hydroxyl groups is 1. The highest BCUT2D eigenvalue weighted by Crippen LogP contribution is 2.27. The number of carbonyl (C=O) groups is 4. The number of piperazine rings is 1. The van der Waals surface area contributed by atoms with Gasteiger partial charge in [-0.05, 0) is 93.8 Å². The van der Waals surface area contributed by atoms with Gasteiger partial charge in [0.2, 0.25) is 0 Å². The summed E-state index contributed by atoms with van der Waals surface area (Å²) in [6, 6.07) is 11.9. The Balaban J connectivity index is 0.866. The number of ether oxygens (including phenoxy) is 3. The predicted molar refractivity (Wildman–Crippen MR) is 227 cm³/mol. The SMILES string of the molecule is Cc1cc(C[C@@H](OC(=O)N2CCC(N3CCc4ccccc4NC3=O)CC2)C(=O)N2CCN(C3CCN(CCC(=O)OCCCN4CCOCC4)CC3)CC2)cc(C)c1O. The van der Waals surface area contributed by atoms with Crippen LogP contribution in [0, 0.1) is 13.8 Å². The van der Waals surface area contributed by atoms with Gasteiger partial charge in [0.15, 0.2) is 6.10 Å².